The Balaban J connectivity index is 1.90. The Kier molecular flexibility index (Phi) is 5.15. The average molecular weight is 288 g/mol. The molecule has 21 heavy (non-hydrogen) atoms. The van der Waals surface area contributed by atoms with Crippen molar-refractivity contribution < 1.29 is 4.74 Å². The SMILES string of the molecule is CCOc1ccccc1[C@H](C1CCCC1)N1CCNCC1. The van der Waals surface area contributed by atoms with Gasteiger partial charge in [0, 0.05) is 37.8 Å². The summed E-state index contributed by atoms with van der Waals surface area (Å²) < 4.78 is 5.93. The average Bonchev–Trinajstić information content (AvgIpc) is 3.05. The molecule has 2 fully saturated rings. The zero-order valence-corrected chi connectivity index (χ0v) is 13.2. The van der Waals surface area contributed by atoms with Crippen LogP contribution in [0.5, 0.6) is 5.75 Å². The molecule has 3 heteroatoms. The summed E-state index contributed by atoms with van der Waals surface area (Å²) in [7, 11) is 0. The highest BCUT2D eigenvalue weighted by Crippen LogP contribution is 2.42. The molecule has 3 nitrogen and oxygen atoms in total. The van der Waals surface area contributed by atoms with Crippen LogP contribution < -0.4 is 10.1 Å². The topological polar surface area (TPSA) is 24.5 Å². The number of ether oxygens (including phenoxy) is 1. The number of hydrogen-bond acceptors (Lipinski definition) is 3. The van der Waals surface area contributed by atoms with E-state index < -0.39 is 0 Å². The van der Waals surface area contributed by atoms with Gasteiger partial charge in [-0.05, 0) is 31.7 Å². The first kappa shape index (κ1) is 14.9. The third-order valence-corrected chi connectivity index (χ3v) is 4.93. The van der Waals surface area contributed by atoms with Gasteiger partial charge in [-0.25, -0.2) is 0 Å². The van der Waals surface area contributed by atoms with E-state index in [2.05, 4.69) is 41.4 Å². The Bertz CT molecular complexity index is 437. The largest absolute Gasteiger partial charge is 0.494 e. The fourth-order valence-corrected chi connectivity index (χ4v) is 3.99. The smallest absolute Gasteiger partial charge is 0.124 e. The van der Waals surface area contributed by atoms with Crippen molar-refractivity contribution in [2.45, 2.75) is 38.6 Å². The maximum Gasteiger partial charge on any atom is 0.124 e. The minimum Gasteiger partial charge on any atom is -0.494 e. The van der Waals surface area contributed by atoms with Gasteiger partial charge in [0.05, 0.1) is 6.61 Å². The van der Waals surface area contributed by atoms with E-state index >= 15 is 0 Å². The second kappa shape index (κ2) is 7.28. The van der Waals surface area contributed by atoms with Crippen LogP contribution in [-0.2, 0) is 0 Å². The van der Waals surface area contributed by atoms with E-state index in [1.165, 1.54) is 31.2 Å². The molecule has 0 amide bonds. The monoisotopic (exact) mass is 288 g/mol. The van der Waals surface area contributed by atoms with Gasteiger partial charge >= 0.3 is 0 Å². The summed E-state index contributed by atoms with van der Waals surface area (Å²) in [5.41, 5.74) is 1.41. The molecule has 0 aromatic heterocycles. The summed E-state index contributed by atoms with van der Waals surface area (Å²) in [6.45, 7) is 7.35. The van der Waals surface area contributed by atoms with E-state index in [0.717, 1.165) is 44.5 Å². The molecular formula is C18H28N2O. The first-order valence-electron chi connectivity index (χ1n) is 8.56. The quantitative estimate of drug-likeness (QED) is 0.900. The highest BCUT2D eigenvalue weighted by atomic mass is 16.5. The van der Waals surface area contributed by atoms with Crippen LogP contribution in [0, 0.1) is 5.92 Å². The van der Waals surface area contributed by atoms with Crippen molar-refractivity contribution in [2.24, 2.45) is 5.92 Å². The van der Waals surface area contributed by atoms with Crippen molar-refractivity contribution in [3.05, 3.63) is 29.8 Å². The number of nitrogens with zero attached hydrogens (tertiary/aromatic N) is 1. The maximum atomic E-state index is 5.93. The van der Waals surface area contributed by atoms with Crippen LogP contribution in [0.15, 0.2) is 24.3 Å². The highest BCUT2D eigenvalue weighted by molar-refractivity contribution is 5.36. The van der Waals surface area contributed by atoms with E-state index in [1.54, 1.807) is 0 Å². The van der Waals surface area contributed by atoms with Crippen LogP contribution >= 0.6 is 0 Å². The van der Waals surface area contributed by atoms with Gasteiger partial charge in [-0.2, -0.15) is 0 Å². The number of nitrogens with one attached hydrogen (secondary N) is 1. The third kappa shape index (κ3) is 3.41. The summed E-state index contributed by atoms with van der Waals surface area (Å²) in [4.78, 5) is 2.68. The third-order valence-electron chi connectivity index (χ3n) is 4.93. The van der Waals surface area contributed by atoms with E-state index in [-0.39, 0.29) is 0 Å². The zero-order valence-electron chi connectivity index (χ0n) is 13.2. The van der Waals surface area contributed by atoms with Crippen molar-refractivity contribution >= 4 is 0 Å². The van der Waals surface area contributed by atoms with Gasteiger partial charge in [0.15, 0.2) is 0 Å². The molecule has 1 saturated carbocycles. The van der Waals surface area contributed by atoms with Gasteiger partial charge in [-0.1, -0.05) is 31.0 Å². The van der Waals surface area contributed by atoms with E-state index in [0.29, 0.717) is 6.04 Å². The number of piperazine rings is 1. The lowest BCUT2D eigenvalue weighted by Crippen LogP contribution is -2.46. The minimum atomic E-state index is 0.539. The fraction of sp³-hybridized carbons (Fsp3) is 0.667. The maximum absolute atomic E-state index is 5.93. The van der Waals surface area contributed by atoms with Gasteiger partial charge < -0.3 is 10.1 Å². The van der Waals surface area contributed by atoms with Gasteiger partial charge in [-0.15, -0.1) is 0 Å². The molecule has 0 radical (unpaired) electrons. The number of benzene rings is 1. The summed E-state index contributed by atoms with van der Waals surface area (Å²) >= 11 is 0. The molecule has 1 heterocycles. The fourth-order valence-electron chi connectivity index (χ4n) is 3.99. The van der Waals surface area contributed by atoms with Crippen LogP contribution in [0.25, 0.3) is 0 Å². The molecule has 116 valence electrons. The van der Waals surface area contributed by atoms with E-state index in [4.69, 9.17) is 4.74 Å². The van der Waals surface area contributed by atoms with E-state index in [9.17, 15) is 0 Å². The lowest BCUT2D eigenvalue weighted by Gasteiger charge is -2.39. The second-order valence-electron chi connectivity index (χ2n) is 6.25. The molecule has 1 aromatic rings. The van der Waals surface area contributed by atoms with E-state index in [1.807, 2.05) is 0 Å². The van der Waals surface area contributed by atoms with Gasteiger partial charge in [0.2, 0.25) is 0 Å². The number of para-hydroxylation sites is 1. The Morgan fingerprint density at radius 2 is 1.90 bits per heavy atom. The van der Waals surface area contributed by atoms with Crippen molar-refractivity contribution in [1.82, 2.24) is 10.2 Å². The lowest BCUT2D eigenvalue weighted by atomic mass is 9.89. The number of hydrogen-bond donors (Lipinski definition) is 1. The predicted molar refractivity (Wildman–Crippen MR) is 86.8 cm³/mol. The summed E-state index contributed by atoms with van der Waals surface area (Å²) in [6.07, 6.45) is 5.53. The lowest BCUT2D eigenvalue weighted by molar-refractivity contribution is 0.122. The molecule has 2 aliphatic rings. The standard InChI is InChI=1S/C18H28N2O/c1-2-21-17-10-6-5-9-16(17)18(15-7-3-4-8-15)20-13-11-19-12-14-20/h5-6,9-10,15,18-19H,2-4,7-8,11-14H2,1H3/t18-/m0/s1. The molecular weight excluding hydrogens is 260 g/mol. The minimum absolute atomic E-state index is 0.539. The second-order valence-corrected chi connectivity index (χ2v) is 6.25. The number of rotatable bonds is 5. The molecule has 0 spiro atoms. The molecule has 1 N–H and O–H groups in total. The van der Waals surface area contributed by atoms with Gasteiger partial charge in [0.25, 0.3) is 0 Å². The predicted octanol–water partition coefficient (Wildman–Crippen LogP) is 3.22. The molecule has 1 atom stereocenters. The van der Waals surface area contributed by atoms with Crippen molar-refractivity contribution in [3.63, 3.8) is 0 Å². The molecule has 1 aliphatic heterocycles. The van der Waals surface area contributed by atoms with Crippen molar-refractivity contribution in [1.29, 1.82) is 0 Å². The molecule has 1 aromatic carbocycles. The van der Waals surface area contributed by atoms with Crippen LogP contribution in [0.1, 0.15) is 44.2 Å². The van der Waals surface area contributed by atoms with Crippen LogP contribution in [0.4, 0.5) is 0 Å². The molecule has 0 bridgehead atoms. The molecule has 3 rings (SSSR count). The summed E-state index contributed by atoms with van der Waals surface area (Å²) in [5, 5.41) is 3.48. The van der Waals surface area contributed by atoms with Crippen LogP contribution in [0.2, 0.25) is 0 Å². The van der Waals surface area contributed by atoms with Crippen molar-refractivity contribution in [2.75, 3.05) is 32.8 Å². The van der Waals surface area contributed by atoms with Gasteiger partial charge in [0.1, 0.15) is 5.75 Å². The van der Waals surface area contributed by atoms with Crippen LogP contribution in [0.3, 0.4) is 0 Å². The normalized spacial score (nSPS) is 22.3. The molecule has 1 saturated heterocycles. The zero-order chi connectivity index (χ0) is 14.5. The summed E-state index contributed by atoms with van der Waals surface area (Å²) in [6, 6.07) is 9.23. The Morgan fingerprint density at radius 1 is 1.19 bits per heavy atom. The Hall–Kier alpha value is -1.06. The molecule has 0 unspecified atom stereocenters. The first-order chi connectivity index (χ1) is 10.4. The Labute approximate surface area is 128 Å². The Morgan fingerprint density at radius 3 is 2.62 bits per heavy atom. The first-order valence-corrected chi connectivity index (χ1v) is 8.56. The van der Waals surface area contributed by atoms with Crippen molar-refractivity contribution in [3.8, 4) is 5.75 Å². The van der Waals surface area contributed by atoms with Crippen LogP contribution in [-0.4, -0.2) is 37.7 Å². The highest BCUT2D eigenvalue weighted by Gasteiger charge is 2.33. The molecule has 1 aliphatic carbocycles. The summed E-state index contributed by atoms with van der Waals surface area (Å²) in [5.74, 6) is 1.89. The van der Waals surface area contributed by atoms with Gasteiger partial charge in [-0.3, -0.25) is 4.90 Å².